The smallest absolute Gasteiger partial charge is 0.251 e. The number of anilines is 1. The van der Waals surface area contributed by atoms with Crippen LogP contribution in [-0.2, 0) is 4.79 Å². The van der Waals surface area contributed by atoms with Crippen LogP contribution in [-0.4, -0.2) is 29.6 Å². The molecular weight excluding hydrogens is 304 g/mol. The Bertz CT molecular complexity index is 567. The van der Waals surface area contributed by atoms with Crippen molar-refractivity contribution in [1.82, 2.24) is 5.32 Å². The molecule has 1 saturated carbocycles. The van der Waals surface area contributed by atoms with Crippen LogP contribution in [0.5, 0.6) is 0 Å². The van der Waals surface area contributed by atoms with Crippen LogP contribution in [0.2, 0.25) is 0 Å². The second-order valence-corrected chi connectivity index (χ2v) is 6.83. The van der Waals surface area contributed by atoms with E-state index in [2.05, 4.69) is 10.6 Å². The summed E-state index contributed by atoms with van der Waals surface area (Å²) in [5.41, 5.74) is 1.16. The molecule has 1 aliphatic rings. The summed E-state index contributed by atoms with van der Waals surface area (Å²) in [5.74, 6) is -0.0733. The number of aliphatic hydroxyl groups is 1. The third kappa shape index (κ3) is 5.06. The number of hydrogen-bond acceptors (Lipinski definition) is 3. The third-order valence-corrected chi connectivity index (χ3v) is 4.87. The average Bonchev–Trinajstić information content (AvgIpc) is 2.61. The highest BCUT2D eigenvalue weighted by atomic mass is 16.3. The van der Waals surface area contributed by atoms with Gasteiger partial charge in [0.1, 0.15) is 0 Å². The molecular formula is C19H28N2O3. The molecule has 1 aromatic rings. The molecule has 2 atom stereocenters. The molecule has 1 fully saturated rings. The lowest BCUT2D eigenvalue weighted by Gasteiger charge is -2.21. The summed E-state index contributed by atoms with van der Waals surface area (Å²) in [7, 11) is 0. The Hall–Kier alpha value is -1.88. The van der Waals surface area contributed by atoms with Gasteiger partial charge in [-0.05, 0) is 43.9 Å². The number of aliphatic hydroxyl groups excluding tert-OH is 1. The van der Waals surface area contributed by atoms with E-state index in [1.165, 1.54) is 6.42 Å². The third-order valence-electron chi connectivity index (χ3n) is 4.87. The minimum atomic E-state index is -0.198. The van der Waals surface area contributed by atoms with Crippen molar-refractivity contribution in [2.24, 2.45) is 11.8 Å². The molecule has 0 aliphatic heterocycles. The van der Waals surface area contributed by atoms with Crippen molar-refractivity contribution in [2.75, 3.05) is 11.9 Å². The Morgan fingerprint density at radius 1 is 1.21 bits per heavy atom. The van der Waals surface area contributed by atoms with Crippen LogP contribution in [0, 0.1) is 11.8 Å². The van der Waals surface area contributed by atoms with Crippen LogP contribution in [0.3, 0.4) is 0 Å². The first-order valence-corrected chi connectivity index (χ1v) is 8.84. The predicted molar refractivity (Wildman–Crippen MR) is 94.8 cm³/mol. The number of amides is 2. The summed E-state index contributed by atoms with van der Waals surface area (Å²) >= 11 is 0. The summed E-state index contributed by atoms with van der Waals surface area (Å²) in [5, 5.41) is 15.0. The molecule has 2 unspecified atom stereocenters. The second-order valence-electron chi connectivity index (χ2n) is 6.83. The van der Waals surface area contributed by atoms with E-state index in [9.17, 15) is 9.59 Å². The van der Waals surface area contributed by atoms with Gasteiger partial charge < -0.3 is 15.7 Å². The first kappa shape index (κ1) is 18.5. The quantitative estimate of drug-likeness (QED) is 0.749. The molecule has 1 aromatic carbocycles. The molecule has 5 nitrogen and oxygen atoms in total. The second kappa shape index (κ2) is 8.83. The van der Waals surface area contributed by atoms with Crippen LogP contribution in [0.15, 0.2) is 24.3 Å². The van der Waals surface area contributed by atoms with E-state index in [1.807, 2.05) is 13.8 Å². The van der Waals surface area contributed by atoms with Crippen molar-refractivity contribution >= 4 is 17.5 Å². The zero-order valence-corrected chi connectivity index (χ0v) is 14.5. The van der Waals surface area contributed by atoms with E-state index in [1.54, 1.807) is 24.3 Å². The molecule has 2 rings (SSSR count). The summed E-state index contributed by atoms with van der Waals surface area (Å²) in [6.45, 7) is 3.78. The standard InChI is InChI=1S/C19H28N2O3/c1-13(12-22)14(2)20-19(24)16-9-6-10-17(11-16)21-18(23)15-7-4-3-5-8-15/h6,9-11,13-15,22H,3-5,7-8,12H2,1-2H3,(H,20,24)(H,21,23). The number of hydrogen-bond donors (Lipinski definition) is 3. The normalized spacial score (nSPS) is 17.8. The lowest BCUT2D eigenvalue weighted by Crippen LogP contribution is -2.38. The Morgan fingerprint density at radius 2 is 1.92 bits per heavy atom. The van der Waals surface area contributed by atoms with Gasteiger partial charge in [0.15, 0.2) is 0 Å². The minimum absolute atomic E-state index is 0.0110. The lowest BCUT2D eigenvalue weighted by atomic mass is 9.88. The number of nitrogens with one attached hydrogen (secondary N) is 2. The molecule has 3 N–H and O–H groups in total. The van der Waals surface area contributed by atoms with E-state index >= 15 is 0 Å². The van der Waals surface area contributed by atoms with Crippen LogP contribution in [0.1, 0.15) is 56.3 Å². The van der Waals surface area contributed by atoms with Gasteiger partial charge in [-0.2, -0.15) is 0 Å². The van der Waals surface area contributed by atoms with Crippen LogP contribution in [0.25, 0.3) is 0 Å². The van der Waals surface area contributed by atoms with Gasteiger partial charge in [-0.15, -0.1) is 0 Å². The largest absolute Gasteiger partial charge is 0.396 e. The topological polar surface area (TPSA) is 78.4 Å². The molecule has 132 valence electrons. The molecule has 5 heteroatoms. The van der Waals surface area contributed by atoms with Crippen molar-refractivity contribution < 1.29 is 14.7 Å². The minimum Gasteiger partial charge on any atom is -0.396 e. The highest BCUT2D eigenvalue weighted by Gasteiger charge is 2.21. The maximum atomic E-state index is 12.3. The fourth-order valence-corrected chi connectivity index (χ4v) is 2.94. The summed E-state index contributed by atoms with van der Waals surface area (Å²) in [6.07, 6.45) is 5.33. The van der Waals surface area contributed by atoms with Crippen LogP contribution >= 0.6 is 0 Å². The van der Waals surface area contributed by atoms with Gasteiger partial charge in [-0.25, -0.2) is 0 Å². The van der Waals surface area contributed by atoms with Crippen molar-refractivity contribution in [3.63, 3.8) is 0 Å². The zero-order chi connectivity index (χ0) is 17.5. The van der Waals surface area contributed by atoms with Crippen LogP contribution < -0.4 is 10.6 Å². The highest BCUT2D eigenvalue weighted by Crippen LogP contribution is 2.25. The maximum absolute atomic E-state index is 12.3. The Morgan fingerprint density at radius 3 is 2.58 bits per heavy atom. The first-order valence-electron chi connectivity index (χ1n) is 8.84. The SMILES string of the molecule is CC(CO)C(C)NC(=O)c1cccc(NC(=O)C2CCCCC2)c1. The molecule has 0 radical (unpaired) electrons. The van der Waals surface area contributed by atoms with Crippen molar-refractivity contribution in [3.8, 4) is 0 Å². The molecule has 0 heterocycles. The fraction of sp³-hybridized carbons (Fsp3) is 0.579. The van der Waals surface area contributed by atoms with Crippen LogP contribution in [0.4, 0.5) is 5.69 Å². The number of carbonyl (C=O) groups is 2. The fourth-order valence-electron chi connectivity index (χ4n) is 2.94. The molecule has 1 aliphatic carbocycles. The van der Waals surface area contributed by atoms with E-state index in [-0.39, 0.29) is 36.3 Å². The highest BCUT2D eigenvalue weighted by molar-refractivity contribution is 5.97. The predicted octanol–water partition coefficient (Wildman–Crippen LogP) is 2.95. The van der Waals surface area contributed by atoms with Gasteiger partial charge in [0.05, 0.1) is 0 Å². The summed E-state index contributed by atoms with van der Waals surface area (Å²) in [6, 6.07) is 6.87. The summed E-state index contributed by atoms with van der Waals surface area (Å²) < 4.78 is 0. The zero-order valence-electron chi connectivity index (χ0n) is 14.5. The molecule has 24 heavy (non-hydrogen) atoms. The Kier molecular flexibility index (Phi) is 6.79. The number of rotatable bonds is 6. The van der Waals surface area contributed by atoms with Gasteiger partial charge in [0.25, 0.3) is 5.91 Å². The van der Waals surface area contributed by atoms with Crippen molar-refractivity contribution in [3.05, 3.63) is 29.8 Å². The van der Waals surface area contributed by atoms with Gasteiger partial charge in [0, 0.05) is 29.8 Å². The van der Waals surface area contributed by atoms with Gasteiger partial charge in [-0.3, -0.25) is 9.59 Å². The number of carbonyl (C=O) groups excluding carboxylic acids is 2. The Balaban J connectivity index is 1.97. The monoisotopic (exact) mass is 332 g/mol. The van der Waals surface area contributed by atoms with Crippen molar-refractivity contribution in [2.45, 2.75) is 52.0 Å². The lowest BCUT2D eigenvalue weighted by molar-refractivity contribution is -0.120. The van der Waals surface area contributed by atoms with Crippen molar-refractivity contribution in [1.29, 1.82) is 0 Å². The van der Waals surface area contributed by atoms with E-state index < -0.39 is 0 Å². The molecule has 2 amide bonds. The Labute approximate surface area is 143 Å². The average molecular weight is 332 g/mol. The maximum Gasteiger partial charge on any atom is 0.251 e. The van der Waals surface area contributed by atoms with Gasteiger partial charge >= 0.3 is 0 Å². The van der Waals surface area contributed by atoms with E-state index in [4.69, 9.17) is 5.11 Å². The molecule has 0 spiro atoms. The first-order chi connectivity index (χ1) is 11.5. The van der Waals surface area contributed by atoms with Gasteiger partial charge in [0.2, 0.25) is 5.91 Å². The summed E-state index contributed by atoms with van der Waals surface area (Å²) in [4.78, 5) is 24.6. The number of benzene rings is 1. The van der Waals surface area contributed by atoms with E-state index in [0.717, 1.165) is 25.7 Å². The van der Waals surface area contributed by atoms with E-state index in [0.29, 0.717) is 11.3 Å². The molecule has 0 bridgehead atoms. The molecule has 0 aromatic heterocycles. The molecule has 0 saturated heterocycles. The van der Waals surface area contributed by atoms with Gasteiger partial charge in [-0.1, -0.05) is 32.3 Å².